The van der Waals surface area contributed by atoms with Crippen LogP contribution in [-0.4, -0.2) is 57.5 Å². The van der Waals surface area contributed by atoms with Crippen molar-refractivity contribution in [2.24, 2.45) is 0 Å². The predicted molar refractivity (Wildman–Crippen MR) is 93.4 cm³/mol. The molecule has 1 atom stereocenters. The lowest BCUT2D eigenvalue weighted by atomic mass is 10.2. The smallest absolute Gasteiger partial charge is 0.382 e. The molecule has 0 aliphatic heterocycles. The first-order valence-electron chi connectivity index (χ1n) is 8.29. The quantitative estimate of drug-likeness (QED) is 0.558. The van der Waals surface area contributed by atoms with E-state index in [4.69, 9.17) is 5.11 Å². The van der Waals surface area contributed by atoms with Crippen LogP contribution in [0.1, 0.15) is 26.0 Å². The van der Waals surface area contributed by atoms with E-state index in [0.29, 0.717) is 41.5 Å². The Morgan fingerprint density at radius 1 is 1.00 bits per heavy atom. The summed E-state index contributed by atoms with van der Waals surface area (Å²) in [7, 11) is 1.67. The zero-order valence-electron chi connectivity index (χ0n) is 14.8. The van der Waals surface area contributed by atoms with E-state index >= 15 is 0 Å². The highest BCUT2D eigenvalue weighted by atomic mass is 19.4. The van der Waals surface area contributed by atoms with Crippen molar-refractivity contribution >= 4 is 28.7 Å². The molecule has 144 valence electrons. The highest BCUT2D eigenvalue weighted by molar-refractivity contribution is 5.88. The standard InChI is InChI=1S/C15H22F3N7O/c1-4-6-20-13-23-10-8(5-2)22-14(21-7-9(26)15(16,17)18)24-11(10)12(19-3)25-13/h9,26H,4-7H2,1-3H3,(H,21,22,24)(H2,19,20,23,25). The molecule has 1 unspecified atom stereocenters. The molecule has 2 aromatic rings. The van der Waals surface area contributed by atoms with E-state index in [1.807, 2.05) is 13.8 Å². The third kappa shape index (κ3) is 4.59. The second-order valence-corrected chi connectivity index (χ2v) is 5.56. The van der Waals surface area contributed by atoms with E-state index in [0.717, 1.165) is 6.42 Å². The maximum atomic E-state index is 12.4. The Morgan fingerprint density at radius 3 is 2.23 bits per heavy atom. The summed E-state index contributed by atoms with van der Waals surface area (Å²) in [6.07, 6.45) is -5.82. The van der Waals surface area contributed by atoms with Gasteiger partial charge in [0.25, 0.3) is 0 Å². The average Bonchev–Trinajstić information content (AvgIpc) is 2.62. The van der Waals surface area contributed by atoms with Crippen LogP contribution >= 0.6 is 0 Å². The average molecular weight is 373 g/mol. The molecule has 8 nitrogen and oxygen atoms in total. The van der Waals surface area contributed by atoms with Crippen LogP contribution in [0.3, 0.4) is 0 Å². The van der Waals surface area contributed by atoms with E-state index in [2.05, 4.69) is 35.9 Å². The van der Waals surface area contributed by atoms with Crippen molar-refractivity contribution in [1.29, 1.82) is 0 Å². The summed E-state index contributed by atoms with van der Waals surface area (Å²) in [5.41, 5.74) is 1.48. The van der Waals surface area contributed by atoms with Gasteiger partial charge in [0, 0.05) is 13.6 Å². The Hall–Kier alpha value is -2.43. The Balaban J connectivity index is 2.40. The number of fused-ring (bicyclic) bond motifs is 1. The van der Waals surface area contributed by atoms with Crippen LogP contribution in [0.15, 0.2) is 0 Å². The van der Waals surface area contributed by atoms with Gasteiger partial charge in [-0.25, -0.2) is 15.0 Å². The van der Waals surface area contributed by atoms with Crippen molar-refractivity contribution in [3.05, 3.63) is 5.69 Å². The van der Waals surface area contributed by atoms with Crippen LogP contribution < -0.4 is 16.0 Å². The minimum atomic E-state index is -4.71. The van der Waals surface area contributed by atoms with E-state index in [1.54, 1.807) is 7.05 Å². The Morgan fingerprint density at radius 2 is 1.65 bits per heavy atom. The van der Waals surface area contributed by atoms with E-state index in [-0.39, 0.29) is 5.95 Å². The molecular weight excluding hydrogens is 351 g/mol. The number of rotatable bonds is 8. The van der Waals surface area contributed by atoms with Gasteiger partial charge in [0.2, 0.25) is 11.9 Å². The van der Waals surface area contributed by atoms with Gasteiger partial charge in [0.15, 0.2) is 11.9 Å². The zero-order chi connectivity index (χ0) is 19.3. The fraction of sp³-hybridized carbons (Fsp3) is 0.600. The summed E-state index contributed by atoms with van der Waals surface area (Å²) in [6.45, 7) is 3.83. The number of nitrogens with one attached hydrogen (secondary N) is 3. The fourth-order valence-electron chi connectivity index (χ4n) is 2.19. The molecule has 0 fully saturated rings. The van der Waals surface area contributed by atoms with Crippen molar-refractivity contribution in [2.75, 3.05) is 36.1 Å². The van der Waals surface area contributed by atoms with Gasteiger partial charge in [0.05, 0.1) is 12.2 Å². The van der Waals surface area contributed by atoms with Gasteiger partial charge in [-0.1, -0.05) is 13.8 Å². The maximum Gasteiger partial charge on any atom is 0.416 e. The monoisotopic (exact) mass is 373 g/mol. The summed E-state index contributed by atoms with van der Waals surface area (Å²) >= 11 is 0. The minimum absolute atomic E-state index is 0.0213. The molecule has 26 heavy (non-hydrogen) atoms. The Bertz CT molecular complexity index is 754. The van der Waals surface area contributed by atoms with Crippen LogP contribution in [0.2, 0.25) is 0 Å². The van der Waals surface area contributed by atoms with Gasteiger partial charge in [-0.2, -0.15) is 18.2 Å². The van der Waals surface area contributed by atoms with Crippen molar-refractivity contribution in [2.45, 2.75) is 39.0 Å². The second kappa shape index (κ2) is 8.30. The molecule has 2 heterocycles. The number of halogens is 3. The number of nitrogens with zero attached hydrogens (tertiary/aromatic N) is 4. The van der Waals surface area contributed by atoms with Crippen LogP contribution in [-0.2, 0) is 6.42 Å². The van der Waals surface area contributed by atoms with Gasteiger partial charge in [-0.05, 0) is 12.8 Å². The van der Waals surface area contributed by atoms with Crippen LogP contribution in [0.25, 0.3) is 11.0 Å². The van der Waals surface area contributed by atoms with Crippen LogP contribution in [0.5, 0.6) is 0 Å². The predicted octanol–water partition coefficient (Wildman–Crippen LogP) is 2.18. The molecule has 0 saturated carbocycles. The second-order valence-electron chi connectivity index (χ2n) is 5.56. The summed E-state index contributed by atoms with van der Waals surface area (Å²) < 4.78 is 37.3. The van der Waals surface area contributed by atoms with Crippen LogP contribution in [0.4, 0.5) is 30.9 Å². The lowest BCUT2D eigenvalue weighted by Gasteiger charge is -2.16. The molecule has 4 N–H and O–H groups in total. The summed E-state index contributed by atoms with van der Waals surface area (Å²) in [6, 6.07) is 0. The van der Waals surface area contributed by atoms with Crippen molar-refractivity contribution < 1.29 is 18.3 Å². The van der Waals surface area contributed by atoms with Gasteiger partial charge in [-0.15, -0.1) is 0 Å². The molecular formula is C15H22F3N7O. The molecule has 0 amide bonds. The molecule has 0 aliphatic rings. The molecule has 2 rings (SSSR count). The highest BCUT2D eigenvalue weighted by Crippen LogP contribution is 2.25. The van der Waals surface area contributed by atoms with Gasteiger partial charge in [-0.3, -0.25) is 0 Å². The number of aliphatic hydroxyl groups is 1. The third-order valence-electron chi connectivity index (χ3n) is 3.55. The first-order chi connectivity index (χ1) is 12.3. The Kier molecular flexibility index (Phi) is 6.35. The molecule has 0 spiro atoms. The fourth-order valence-corrected chi connectivity index (χ4v) is 2.19. The van der Waals surface area contributed by atoms with E-state index < -0.39 is 18.8 Å². The molecule has 11 heteroatoms. The molecule has 0 aliphatic carbocycles. The number of anilines is 3. The Labute approximate surface area is 148 Å². The number of aliphatic hydroxyl groups excluding tert-OH is 1. The summed E-state index contributed by atoms with van der Waals surface area (Å²) in [5, 5.41) is 17.6. The minimum Gasteiger partial charge on any atom is -0.382 e. The normalized spacial score (nSPS) is 12.9. The van der Waals surface area contributed by atoms with Gasteiger partial charge >= 0.3 is 6.18 Å². The molecule has 0 bridgehead atoms. The van der Waals surface area contributed by atoms with Gasteiger partial charge < -0.3 is 21.1 Å². The van der Waals surface area contributed by atoms with Gasteiger partial charge in [0.1, 0.15) is 11.0 Å². The zero-order valence-corrected chi connectivity index (χ0v) is 14.8. The number of alkyl halides is 3. The van der Waals surface area contributed by atoms with Crippen molar-refractivity contribution in [3.8, 4) is 0 Å². The lowest BCUT2D eigenvalue weighted by Crippen LogP contribution is -2.35. The summed E-state index contributed by atoms with van der Waals surface area (Å²) in [5.74, 6) is 0.840. The summed E-state index contributed by atoms with van der Waals surface area (Å²) in [4.78, 5) is 17.2. The molecule has 0 saturated heterocycles. The molecule has 0 radical (unpaired) electrons. The van der Waals surface area contributed by atoms with E-state index in [9.17, 15) is 13.2 Å². The first-order valence-corrected chi connectivity index (χ1v) is 8.29. The SMILES string of the molecule is CCCNc1nc(NC)c2nc(NCC(O)C(F)(F)F)nc(CC)c2n1. The number of hydrogen-bond acceptors (Lipinski definition) is 8. The molecule has 2 aromatic heterocycles. The topological polar surface area (TPSA) is 108 Å². The number of aryl methyl sites for hydroxylation is 1. The van der Waals surface area contributed by atoms with Crippen LogP contribution in [0, 0.1) is 0 Å². The maximum absolute atomic E-state index is 12.4. The number of hydrogen-bond donors (Lipinski definition) is 4. The molecule has 0 aromatic carbocycles. The third-order valence-corrected chi connectivity index (χ3v) is 3.55. The van der Waals surface area contributed by atoms with Crippen molar-refractivity contribution in [3.63, 3.8) is 0 Å². The van der Waals surface area contributed by atoms with Crippen molar-refractivity contribution in [1.82, 2.24) is 19.9 Å². The largest absolute Gasteiger partial charge is 0.416 e. The van der Waals surface area contributed by atoms with E-state index in [1.165, 1.54) is 0 Å². The highest BCUT2D eigenvalue weighted by Gasteiger charge is 2.38. The number of aromatic nitrogens is 4. The lowest BCUT2D eigenvalue weighted by molar-refractivity contribution is -0.198. The first kappa shape index (κ1) is 19.9.